The third kappa shape index (κ3) is 7.79. The Kier molecular flexibility index (Phi) is 10.4. The molecular formula is C25H28BrN3O12. The van der Waals surface area contributed by atoms with Gasteiger partial charge in [0.2, 0.25) is 0 Å². The highest BCUT2D eigenvalue weighted by molar-refractivity contribution is 9.10. The van der Waals surface area contributed by atoms with Crippen molar-refractivity contribution in [1.82, 2.24) is 14.3 Å². The van der Waals surface area contributed by atoms with Crippen LogP contribution in [0.4, 0.5) is 0 Å². The summed E-state index contributed by atoms with van der Waals surface area (Å²) in [6, 6.07) is 4.95. The highest BCUT2D eigenvalue weighted by Crippen LogP contribution is 2.33. The van der Waals surface area contributed by atoms with Crippen molar-refractivity contribution in [2.45, 2.75) is 64.9 Å². The van der Waals surface area contributed by atoms with Crippen LogP contribution in [0, 0.1) is 0 Å². The van der Waals surface area contributed by atoms with Crippen molar-refractivity contribution in [2.75, 3.05) is 13.7 Å². The van der Waals surface area contributed by atoms with Crippen LogP contribution in [0.5, 0.6) is 5.75 Å². The number of carbonyl (C=O) groups excluding carboxylic acids is 4. The number of ether oxygens (including phenoxy) is 6. The molecule has 3 rings (SSSR count). The van der Waals surface area contributed by atoms with Gasteiger partial charge in [-0.15, -0.1) is 0 Å². The highest BCUT2D eigenvalue weighted by Gasteiger charge is 2.53. The Balaban J connectivity index is 2.14. The first kappa shape index (κ1) is 31.5. The van der Waals surface area contributed by atoms with E-state index in [1.54, 1.807) is 18.2 Å². The number of esters is 4. The summed E-state index contributed by atoms with van der Waals surface area (Å²) in [6.45, 7) is 3.66. The Hall–Kier alpha value is -4.05. The van der Waals surface area contributed by atoms with Crippen LogP contribution in [0.2, 0.25) is 0 Å². The molecule has 1 aliphatic heterocycles. The van der Waals surface area contributed by atoms with E-state index < -0.39 is 72.4 Å². The van der Waals surface area contributed by atoms with Gasteiger partial charge in [-0.05, 0) is 33.6 Å². The van der Waals surface area contributed by atoms with E-state index in [0.29, 0.717) is 15.8 Å². The van der Waals surface area contributed by atoms with Gasteiger partial charge < -0.3 is 28.4 Å². The van der Waals surface area contributed by atoms with E-state index in [-0.39, 0.29) is 6.54 Å². The molecule has 0 bridgehead atoms. The Morgan fingerprint density at radius 1 is 0.927 bits per heavy atom. The second-order valence-electron chi connectivity index (χ2n) is 8.85. The maximum absolute atomic E-state index is 13.6. The third-order valence-corrected chi connectivity index (χ3v) is 6.37. The molecule has 5 atom stereocenters. The molecule has 1 aromatic heterocycles. The molecule has 0 N–H and O–H groups in total. The van der Waals surface area contributed by atoms with Crippen molar-refractivity contribution >= 4 is 39.8 Å². The molecule has 1 fully saturated rings. The van der Waals surface area contributed by atoms with Gasteiger partial charge in [-0.1, -0.05) is 6.07 Å². The maximum atomic E-state index is 13.6. The van der Waals surface area contributed by atoms with Crippen molar-refractivity contribution in [3.8, 4) is 5.75 Å². The lowest BCUT2D eigenvalue weighted by Crippen LogP contribution is -2.62. The molecule has 16 heteroatoms. The lowest BCUT2D eigenvalue weighted by atomic mass is 9.97. The summed E-state index contributed by atoms with van der Waals surface area (Å²) in [6.07, 6.45) is -6.59. The Morgan fingerprint density at radius 2 is 1.54 bits per heavy atom. The van der Waals surface area contributed by atoms with Crippen molar-refractivity contribution in [1.29, 1.82) is 0 Å². The molecule has 222 valence electrons. The Bertz CT molecular complexity index is 1440. The molecule has 41 heavy (non-hydrogen) atoms. The summed E-state index contributed by atoms with van der Waals surface area (Å²) in [7, 11) is 1.49. The smallest absolute Gasteiger partial charge is 0.350 e. The van der Waals surface area contributed by atoms with Crippen LogP contribution in [-0.4, -0.2) is 76.4 Å². The third-order valence-electron chi connectivity index (χ3n) is 5.75. The zero-order chi connectivity index (χ0) is 30.4. The van der Waals surface area contributed by atoms with Crippen LogP contribution >= 0.6 is 15.9 Å². The summed E-state index contributed by atoms with van der Waals surface area (Å²) >= 11 is 3.36. The fourth-order valence-electron chi connectivity index (χ4n) is 4.16. The van der Waals surface area contributed by atoms with Crippen molar-refractivity contribution < 1.29 is 47.6 Å². The van der Waals surface area contributed by atoms with Gasteiger partial charge in [0, 0.05) is 27.7 Å². The highest BCUT2D eigenvalue weighted by atomic mass is 79.9. The zero-order valence-electron chi connectivity index (χ0n) is 22.7. The molecule has 15 nitrogen and oxygen atoms in total. The van der Waals surface area contributed by atoms with Crippen molar-refractivity contribution in [3.05, 3.63) is 55.3 Å². The fourth-order valence-corrected chi connectivity index (χ4v) is 4.75. The molecule has 1 aromatic carbocycles. The minimum Gasteiger partial charge on any atom is -0.496 e. The summed E-state index contributed by atoms with van der Waals surface area (Å²) in [5.74, 6) is -2.67. The molecule has 1 saturated heterocycles. The molecule has 5 unspecified atom stereocenters. The average Bonchev–Trinajstić information content (AvgIpc) is 2.87. The van der Waals surface area contributed by atoms with Crippen LogP contribution in [0.3, 0.4) is 0 Å². The number of halogens is 1. The Morgan fingerprint density at radius 3 is 2.10 bits per heavy atom. The van der Waals surface area contributed by atoms with Crippen LogP contribution in [0.1, 0.15) is 39.5 Å². The first-order valence-corrected chi connectivity index (χ1v) is 12.9. The number of aromatic nitrogens is 3. The van der Waals surface area contributed by atoms with Gasteiger partial charge in [0.25, 0.3) is 5.56 Å². The SMILES string of the molecule is COc1ccc(Cn2c(=O)cnn(C3OC(COC(C)=O)C(OC(C)=O)C(OC(C)=O)C3OC(C)=O)c2=O)cc1Br. The molecular weight excluding hydrogens is 614 g/mol. The number of nitrogens with zero attached hydrogens (tertiary/aromatic N) is 3. The van der Waals surface area contributed by atoms with Crippen LogP contribution < -0.4 is 16.0 Å². The predicted octanol–water partition coefficient (Wildman–Crippen LogP) is 0.480. The number of carbonyl (C=O) groups is 4. The number of rotatable bonds is 9. The molecule has 0 saturated carbocycles. The summed E-state index contributed by atoms with van der Waals surface area (Å²) < 4.78 is 34.5. The van der Waals surface area contributed by atoms with Gasteiger partial charge >= 0.3 is 29.6 Å². The van der Waals surface area contributed by atoms with Gasteiger partial charge in [0.15, 0.2) is 24.5 Å². The minimum absolute atomic E-state index is 0.186. The molecule has 0 spiro atoms. The van der Waals surface area contributed by atoms with E-state index >= 15 is 0 Å². The monoisotopic (exact) mass is 641 g/mol. The molecule has 0 radical (unpaired) electrons. The van der Waals surface area contributed by atoms with Gasteiger partial charge in [-0.3, -0.25) is 28.5 Å². The lowest BCUT2D eigenvalue weighted by Gasteiger charge is -2.44. The van der Waals surface area contributed by atoms with Crippen molar-refractivity contribution in [2.24, 2.45) is 0 Å². The van der Waals surface area contributed by atoms with Crippen LogP contribution in [0.15, 0.2) is 38.5 Å². The zero-order valence-corrected chi connectivity index (χ0v) is 24.3. The summed E-state index contributed by atoms with van der Waals surface area (Å²) in [5.41, 5.74) is -1.16. The molecule has 2 aromatic rings. The minimum atomic E-state index is -1.61. The van der Waals surface area contributed by atoms with E-state index in [4.69, 9.17) is 28.4 Å². The Labute approximate surface area is 241 Å². The lowest BCUT2D eigenvalue weighted by molar-refractivity contribution is -0.271. The number of hydrogen-bond acceptors (Lipinski definition) is 13. The predicted molar refractivity (Wildman–Crippen MR) is 140 cm³/mol. The fraction of sp³-hybridized carbons (Fsp3) is 0.480. The molecule has 1 aliphatic rings. The van der Waals surface area contributed by atoms with E-state index in [1.807, 2.05) is 0 Å². The largest absolute Gasteiger partial charge is 0.496 e. The van der Waals surface area contributed by atoms with Gasteiger partial charge in [-0.2, -0.15) is 9.78 Å². The number of methoxy groups -OCH3 is 1. The second-order valence-corrected chi connectivity index (χ2v) is 9.71. The van der Waals surface area contributed by atoms with Crippen LogP contribution in [0.25, 0.3) is 0 Å². The second kappa shape index (κ2) is 13.5. The van der Waals surface area contributed by atoms with Gasteiger partial charge in [0.05, 0.1) is 18.1 Å². The topological polar surface area (TPSA) is 181 Å². The van der Waals surface area contributed by atoms with E-state index in [2.05, 4.69) is 21.0 Å². The van der Waals surface area contributed by atoms with Gasteiger partial charge in [0.1, 0.15) is 24.7 Å². The molecule has 2 heterocycles. The average molecular weight is 642 g/mol. The summed E-state index contributed by atoms with van der Waals surface area (Å²) in [5, 5.41) is 3.90. The van der Waals surface area contributed by atoms with Crippen molar-refractivity contribution in [3.63, 3.8) is 0 Å². The maximum Gasteiger partial charge on any atom is 0.350 e. The van der Waals surface area contributed by atoms with Crippen LogP contribution in [-0.2, 0) is 49.4 Å². The number of benzene rings is 1. The van der Waals surface area contributed by atoms with E-state index in [1.165, 1.54) is 7.11 Å². The quantitative estimate of drug-likeness (QED) is 0.273. The normalized spacial score (nSPS) is 21.9. The number of hydrogen-bond donors (Lipinski definition) is 0. The molecule has 0 amide bonds. The standard InChI is InChI=1S/C25H28BrN3O12/c1-12(30)37-11-19-21(38-13(2)31)22(39-14(3)32)23(40-15(4)33)24(41-19)29-25(35)28(20(34)9-27-29)10-16-6-7-18(36-5)17(26)8-16/h6-9,19,21-24H,10-11H2,1-5H3. The first-order valence-electron chi connectivity index (χ1n) is 12.1. The molecule has 0 aliphatic carbocycles. The van der Waals surface area contributed by atoms with E-state index in [0.717, 1.165) is 43.1 Å². The first-order chi connectivity index (χ1) is 19.3. The van der Waals surface area contributed by atoms with Gasteiger partial charge in [-0.25, -0.2) is 4.79 Å². The van der Waals surface area contributed by atoms with E-state index in [9.17, 15) is 28.8 Å². The summed E-state index contributed by atoms with van der Waals surface area (Å²) in [4.78, 5) is 74.0.